The van der Waals surface area contributed by atoms with Crippen molar-refractivity contribution in [2.24, 2.45) is 29.6 Å². The molecule has 2 aliphatic carbocycles. The number of halogens is 2. The van der Waals surface area contributed by atoms with Crippen molar-refractivity contribution in [2.75, 3.05) is 11.9 Å². The van der Waals surface area contributed by atoms with E-state index in [2.05, 4.69) is 5.32 Å². The van der Waals surface area contributed by atoms with Crippen LogP contribution in [0.3, 0.4) is 0 Å². The molecular formula is C22H22Cl2N2O5. The molecule has 1 N–H and O–H groups in total. The van der Waals surface area contributed by atoms with E-state index in [1.165, 1.54) is 0 Å². The monoisotopic (exact) mass is 464 g/mol. The molecule has 0 spiro atoms. The van der Waals surface area contributed by atoms with Crippen LogP contribution in [0.2, 0.25) is 10.0 Å². The van der Waals surface area contributed by atoms with Crippen molar-refractivity contribution in [1.29, 1.82) is 0 Å². The maximum absolute atomic E-state index is 13.0. The highest BCUT2D eigenvalue weighted by Crippen LogP contribution is 2.53. The molecule has 3 aliphatic rings. The van der Waals surface area contributed by atoms with E-state index in [9.17, 15) is 19.2 Å². The highest BCUT2D eigenvalue weighted by molar-refractivity contribution is 6.44. The van der Waals surface area contributed by atoms with Gasteiger partial charge in [-0.25, -0.2) is 4.79 Å². The molecule has 4 rings (SSSR count). The van der Waals surface area contributed by atoms with Crippen molar-refractivity contribution in [3.63, 3.8) is 0 Å². The molecule has 0 aromatic heterocycles. The van der Waals surface area contributed by atoms with Gasteiger partial charge in [-0.05, 0) is 36.3 Å². The molecule has 1 aromatic carbocycles. The van der Waals surface area contributed by atoms with Crippen molar-refractivity contribution in [3.05, 3.63) is 40.4 Å². The Bertz CT molecular complexity index is 962. The van der Waals surface area contributed by atoms with Crippen molar-refractivity contribution in [2.45, 2.75) is 26.3 Å². The maximum Gasteiger partial charge on any atom is 0.330 e. The van der Waals surface area contributed by atoms with Gasteiger partial charge >= 0.3 is 5.97 Å². The van der Waals surface area contributed by atoms with Crippen LogP contribution in [0, 0.1) is 29.6 Å². The van der Waals surface area contributed by atoms with Gasteiger partial charge in [0.15, 0.2) is 6.61 Å². The molecule has 7 nitrogen and oxygen atoms in total. The quantitative estimate of drug-likeness (QED) is 0.396. The molecule has 9 heteroatoms. The van der Waals surface area contributed by atoms with E-state index < -0.39 is 36.4 Å². The SMILES string of the molecule is CC(C)[C@H](C(=O)OCC(=O)Nc1cccc(Cl)c1Cl)N1C(=O)[C@@H]2[C@@H](C1=O)[C@H]1C=C[C@H]2C1. The second-order valence-electron chi connectivity index (χ2n) is 8.49. The summed E-state index contributed by atoms with van der Waals surface area (Å²) in [6, 6.07) is 3.68. The van der Waals surface area contributed by atoms with Gasteiger partial charge in [-0.3, -0.25) is 19.3 Å². The predicted octanol–water partition coefficient (Wildman–Crippen LogP) is 3.31. The van der Waals surface area contributed by atoms with Gasteiger partial charge < -0.3 is 10.1 Å². The fraction of sp³-hybridized carbons (Fsp3) is 0.455. The largest absolute Gasteiger partial charge is 0.454 e. The lowest BCUT2D eigenvalue weighted by molar-refractivity contribution is -0.162. The Labute approximate surface area is 189 Å². The van der Waals surface area contributed by atoms with Crippen LogP contribution in [-0.2, 0) is 23.9 Å². The van der Waals surface area contributed by atoms with Crippen LogP contribution in [0.25, 0.3) is 0 Å². The number of hydrogen-bond donors (Lipinski definition) is 1. The van der Waals surface area contributed by atoms with E-state index in [4.69, 9.17) is 27.9 Å². The predicted molar refractivity (Wildman–Crippen MR) is 114 cm³/mol. The van der Waals surface area contributed by atoms with Gasteiger partial charge in [-0.15, -0.1) is 0 Å². The minimum Gasteiger partial charge on any atom is -0.454 e. The Kier molecular flexibility index (Phi) is 5.83. The normalized spacial score (nSPS) is 27.1. The number of imide groups is 1. The summed E-state index contributed by atoms with van der Waals surface area (Å²) in [4.78, 5) is 52.2. The molecule has 1 heterocycles. The first-order chi connectivity index (χ1) is 14.7. The Balaban J connectivity index is 1.43. The first-order valence-electron chi connectivity index (χ1n) is 10.2. The standard InChI is InChI=1S/C22H22Cl2N2O5/c1-10(2)19(26-20(28)16-11-6-7-12(8-11)17(16)21(26)29)22(30)31-9-15(27)25-14-5-3-4-13(23)18(14)24/h3-7,10-12,16-17,19H,8-9H2,1-2H3,(H,25,27)/t11-,12-,16-,17-,19+/m0/s1. The van der Waals surface area contributed by atoms with E-state index in [1.807, 2.05) is 12.2 Å². The highest BCUT2D eigenvalue weighted by Gasteiger charge is 2.61. The lowest BCUT2D eigenvalue weighted by Gasteiger charge is -2.28. The first-order valence-corrected chi connectivity index (χ1v) is 10.9. The summed E-state index contributed by atoms with van der Waals surface area (Å²) in [6.07, 6.45) is 4.80. The molecule has 1 aliphatic heterocycles. The number of allylic oxidation sites excluding steroid dienone is 2. The van der Waals surface area contributed by atoms with Crippen LogP contribution >= 0.6 is 23.2 Å². The molecule has 1 aromatic rings. The average molecular weight is 465 g/mol. The summed E-state index contributed by atoms with van der Waals surface area (Å²) in [5, 5.41) is 2.97. The summed E-state index contributed by atoms with van der Waals surface area (Å²) < 4.78 is 5.18. The number of nitrogens with zero attached hydrogens (tertiary/aromatic N) is 1. The number of hydrogen-bond acceptors (Lipinski definition) is 5. The van der Waals surface area contributed by atoms with E-state index in [-0.39, 0.29) is 45.3 Å². The number of anilines is 1. The second kappa shape index (κ2) is 8.28. The molecule has 31 heavy (non-hydrogen) atoms. The number of amides is 3. The molecule has 0 radical (unpaired) electrons. The van der Waals surface area contributed by atoms with Crippen LogP contribution in [0.1, 0.15) is 20.3 Å². The van der Waals surface area contributed by atoms with Crippen molar-refractivity contribution >= 4 is 52.6 Å². The number of rotatable bonds is 6. The summed E-state index contributed by atoms with van der Waals surface area (Å²) in [5.74, 6) is -3.11. The molecule has 5 atom stereocenters. The van der Waals surface area contributed by atoms with E-state index in [0.717, 1.165) is 11.3 Å². The zero-order valence-corrected chi connectivity index (χ0v) is 18.5. The van der Waals surface area contributed by atoms with Gasteiger partial charge in [0.2, 0.25) is 11.8 Å². The second-order valence-corrected chi connectivity index (χ2v) is 9.28. The minimum atomic E-state index is -1.08. The smallest absolute Gasteiger partial charge is 0.330 e. The Morgan fingerprint density at radius 2 is 1.74 bits per heavy atom. The molecule has 2 fully saturated rings. The van der Waals surface area contributed by atoms with E-state index >= 15 is 0 Å². The van der Waals surface area contributed by atoms with E-state index in [0.29, 0.717) is 0 Å². The number of fused-ring (bicyclic) bond motifs is 5. The third-order valence-corrected chi connectivity index (χ3v) is 7.05. The zero-order chi connectivity index (χ0) is 22.4. The van der Waals surface area contributed by atoms with Crippen LogP contribution in [0.4, 0.5) is 5.69 Å². The Morgan fingerprint density at radius 1 is 1.13 bits per heavy atom. The summed E-state index contributed by atoms with van der Waals surface area (Å²) in [7, 11) is 0. The third-order valence-electron chi connectivity index (χ3n) is 6.23. The van der Waals surface area contributed by atoms with Gasteiger partial charge in [-0.2, -0.15) is 0 Å². The molecule has 3 amide bonds. The number of carbonyl (C=O) groups is 4. The van der Waals surface area contributed by atoms with Crippen molar-refractivity contribution < 1.29 is 23.9 Å². The molecule has 2 bridgehead atoms. The Morgan fingerprint density at radius 3 is 2.32 bits per heavy atom. The van der Waals surface area contributed by atoms with Crippen molar-refractivity contribution in [3.8, 4) is 0 Å². The minimum absolute atomic E-state index is 0.0495. The zero-order valence-electron chi connectivity index (χ0n) is 17.0. The molecular weight excluding hydrogens is 443 g/mol. The number of likely N-dealkylation sites (tertiary alicyclic amines) is 1. The third kappa shape index (κ3) is 3.74. The summed E-state index contributed by atoms with van der Waals surface area (Å²) in [5.41, 5.74) is 0.288. The van der Waals surface area contributed by atoms with Gasteiger partial charge in [0.1, 0.15) is 6.04 Å². The number of nitrogens with one attached hydrogen (secondary N) is 1. The number of ether oxygens (including phenoxy) is 1. The fourth-order valence-corrected chi connectivity index (χ4v) is 5.23. The fourth-order valence-electron chi connectivity index (χ4n) is 4.88. The lowest BCUT2D eigenvalue weighted by Crippen LogP contribution is -2.50. The van der Waals surface area contributed by atoms with Crippen LogP contribution in [0.5, 0.6) is 0 Å². The van der Waals surface area contributed by atoms with Crippen molar-refractivity contribution in [1.82, 2.24) is 4.90 Å². The van der Waals surface area contributed by atoms with Gasteiger partial charge in [0.25, 0.3) is 5.91 Å². The number of esters is 1. The lowest BCUT2D eigenvalue weighted by atomic mass is 9.85. The molecule has 164 valence electrons. The summed E-state index contributed by atoms with van der Waals surface area (Å²) >= 11 is 12.0. The average Bonchev–Trinajstić information content (AvgIpc) is 3.40. The van der Waals surface area contributed by atoms with E-state index in [1.54, 1.807) is 32.0 Å². The van der Waals surface area contributed by atoms with Crippen LogP contribution in [0.15, 0.2) is 30.4 Å². The van der Waals surface area contributed by atoms with Crippen LogP contribution < -0.4 is 5.32 Å². The topological polar surface area (TPSA) is 92.8 Å². The number of carbonyl (C=O) groups excluding carboxylic acids is 4. The number of benzene rings is 1. The first kappa shape index (κ1) is 21.8. The summed E-state index contributed by atoms with van der Waals surface area (Å²) in [6.45, 7) is 2.89. The van der Waals surface area contributed by atoms with Gasteiger partial charge in [-0.1, -0.05) is 55.3 Å². The van der Waals surface area contributed by atoms with Gasteiger partial charge in [0, 0.05) is 0 Å². The molecule has 0 unspecified atom stereocenters. The van der Waals surface area contributed by atoms with Gasteiger partial charge in [0.05, 0.1) is 27.6 Å². The van der Waals surface area contributed by atoms with Crippen LogP contribution in [-0.4, -0.2) is 41.2 Å². The molecule has 1 saturated heterocycles. The molecule has 1 saturated carbocycles. The maximum atomic E-state index is 13.0. The highest BCUT2D eigenvalue weighted by atomic mass is 35.5. The Hall–Kier alpha value is -2.38.